The molecule has 3 rings (SSSR count). The van der Waals surface area contributed by atoms with Crippen molar-refractivity contribution in [2.24, 2.45) is 0 Å². The number of rotatable bonds is 4. The minimum atomic E-state index is -0.549. The molecular weight excluding hydrogens is 272 g/mol. The number of ether oxygens (including phenoxy) is 3. The maximum absolute atomic E-state index is 10.2. The van der Waals surface area contributed by atoms with Gasteiger partial charge in [-0.05, 0) is 12.8 Å². The topological polar surface area (TPSA) is 68.2 Å². The smallest absolute Gasteiger partial charge is 0.184 e. The van der Waals surface area contributed by atoms with Crippen LogP contribution in [0.15, 0.2) is 30.3 Å². The van der Waals surface area contributed by atoms with Crippen LogP contribution in [0, 0.1) is 0 Å². The highest BCUT2D eigenvalue weighted by molar-refractivity contribution is 5.16. The first-order chi connectivity index (χ1) is 10.3. The molecule has 5 atom stereocenters. The van der Waals surface area contributed by atoms with Crippen molar-refractivity contribution in [2.75, 3.05) is 13.2 Å². The van der Waals surface area contributed by atoms with E-state index in [9.17, 15) is 5.11 Å². The van der Waals surface area contributed by atoms with E-state index in [1.807, 2.05) is 30.3 Å². The zero-order chi connectivity index (χ0) is 14.7. The first-order valence-corrected chi connectivity index (χ1v) is 7.54. The van der Waals surface area contributed by atoms with E-state index in [0.717, 1.165) is 5.56 Å². The molecule has 0 amide bonds. The molecule has 0 bridgehead atoms. The molecule has 1 aromatic carbocycles. The highest BCUT2D eigenvalue weighted by Gasteiger charge is 2.42. The minimum absolute atomic E-state index is 0.115. The highest BCUT2D eigenvalue weighted by Crippen LogP contribution is 2.34. The van der Waals surface area contributed by atoms with Gasteiger partial charge in [0.25, 0.3) is 0 Å². The van der Waals surface area contributed by atoms with Gasteiger partial charge in [-0.1, -0.05) is 30.3 Å². The largest absolute Gasteiger partial charge is 0.396 e. The van der Waals surface area contributed by atoms with E-state index >= 15 is 0 Å². The van der Waals surface area contributed by atoms with Gasteiger partial charge in [0.1, 0.15) is 6.10 Å². The van der Waals surface area contributed by atoms with Crippen LogP contribution < -0.4 is 0 Å². The van der Waals surface area contributed by atoms with Crippen LogP contribution in [0.25, 0.3) is 0 Å². The molecule has 2 N–H and O–H groups in total. The quantitative estimate of drug-likeness (QED) is 0.878. The molecule has 116 valence electrons. The Morgan fingerprint density at radius 1 is 1.10 bits per heavy atom. The van der Waals surface area contributed by atoms with Crippen LogP contribution in [-0.4, -0.2) is 47.8 Å². The zero-order valence-electron chi connectivity index (χ0n) is 11.9. The Balaban J connectivity index is 1.61. The molecule has 5 heteroatoms. The third-order valence-corrected chi connectivity index (χ3v) is 4.10. The van der Waals surface area contributed by atoms with Crippen molar-refractivity contribution >= 4 is 0 Å². The Bertz CT molecular complexity index is 438. The summed E-state index contributed by atoms with van der Waals surface area (Å²) in [5, 5.41) is 19.1. The highest BCUT2D eigenvalue weighted by atomic mass is 16.7. The van der Waals surface area contributed by atoms with Crippen molar-refractivity contribution in [3.63, 3.8) is 0 Å². The van der Waals surface area contributed by atoms with Gasteiger partial charge in [-0.3, -0.25) is 0 Å². The van der Waals surface area contributed by atoms with Gasteiger partial charge in [-0.15, -0.1) is 0 Å². The van der Waals surface area contributed by atoms with Gasteiger partial charge >= 0.3 is 0 Å². The lowest BCUT2D eigenvalue weighted by Crippen LogP contribution is -2.53. The van der Waals surface area contributed by atoms with Crippen LogP contribution in [-0.2, 0) is 14.2 Å². The van der Waals surface area contributed by atoms with Gasteiger partial charge < -0.3 is 24.4 Å². The van der Waals surface area contributed by atoms with Gasteiger partial charge in [0.05, 0.1) is 24.9 Å². The van der Waals surface area contributed by atoms with E-state index < -0.39 is 12.4 Å². The molecule has 0 aromatic heterocycles. The molecule has 1 aromatic rings. The lowest BCUT2D eigenvalue weighted by atomic mass is 9.95. The van der Waals surface area contributed by atoms with Gasteiger partial charge in [0, 0.05) is 18.6 Å². The van der Waals surface area contributed by atoms with E-state index in [0.29, 0.717) is 25.9 Å². The average molecular weight is 294 g/mol. The fourth-order valence-corrected chi connectivity index (χ4v) is 2.95. The Morgan fingerprint density at radius 3 is 2.67 bits per heavy atom. The van der Waals surface area contributed by atoms with E-state index in [1.165, 1.54) is 0 Å². The summed E-state index contributed by atoms with van der Waals surface area (Å²) < 4.78 is 17.6. The van der Waals surface area contributed by atoms with Crippen molar-refractivity contribution < 1.29 is 24.4 Å². The predicted molar refractivity (Wildman–Crippen MR) is 75.6 cm³/mol. The Hall–Kier alpha value is -0.980. The summed E-state index contributed by atoms with van der Waals surface area (Å²) in [6.45, 7) is 0.580. The lowest BCUT2D eigenvalue weighted by molar-refractivity contribution is -0.302. The summed E-state index contributed by atoms with van der Waals surface area (Å²) >= 11 is 0. The number of aliphatic hydroxyl groups excluding tert-OH is 2. The average Bonchev–Trinajstić information content (AvgIpc) is 2.53. The van der Waals surface area contributed by atoms with Crippen molar-refractivity contribution in [3.05, 3.63) is 35.9 Å². The molecule has 2 aliphatic heterocycles. The van der Waals surface area contributed by atoms with Crippen LogP contribution in [0.2, 0.25) is 0 Å². The fraction of sp³-hybridized carbons (Fsp3) is 0.625. The third-order valence-electron chi connectivity index (χ3n) is 4.10. The number of fused-ring (bicyclic) bond motifs is 1. The van der Waals surface area contributed by atoms with E-state index in [1.54, 1.807) is 0 Å². The molecule has 2 saturated heterocycles. The summed E-state index contributed by atoms with van der Waals surface area (Å²) in [6, 6.07) is 9.79. The minimum Gasteiger partial charge on any atom is -0.396 e. The summed E-state index contributed by atoms with van der Waals surface area (Å²) in [5.74, 6) is 0. The van der Waals surface area contributed by atoms with Crippen molar-refractivity contribution in [1.82, 2.24) is 0 Å². The number of hydrogen-bond acceptors (Lipinski definition) is 5. The van der Waals surface area contributed by atoms with Gasteiger partial charge in [-0.2, -0.15) is 0 Å². The number of aliphatic hydroxyl groups is 2. The first-order valence-electron chi connectivity index (χ1n) is 7.54. The molecule has 0 saturated carbocycles. The maximum atomic E-state index is 10.2. The second-order valence-corrected chi connectivity index (χ2v) is 5.63. The molecule has 2 heterocycles. The molecule has 0 unspecified atom stereocenters. The molecule has 0 spiro atoms. The molecule has 2 aliphatic rings. The summed E-state index contributed by atoms with van der Waals surface area (Å²) in [5.41, 5.74) is 0.979. The monoisotopic (exact) mass is 294 g/mol. The van der Waals surface area contributed by atoms with Crippen LogP contribution in [0.4, 0.5) is 0 Å². The second-order valence-electron chi connectivity index (χ2n) is 5.63. The summed E-state index contributed by atoms with van der Waals surface area (Å²) in [4.78, 5) is 0. The summed E-state index contributed by atoms with van der Waals surface area (Å²) in [6.07, 6.45) is 0.369. The standard InChI is InChI=1S/C16H22O5/c17-8-4-7-13-12(18)9-14-15(20-13)10-19-16(21-14)11-5-2-1-3-6-11/h1-3,5-6,12-18H,4,7-10H2/t12-,13+,14-,15+,16+/m0/s1. The Kier molecular flexibility index (Phi) is 4.87. The predicted octanol–water partition coefficient (Wildman–Crippen LogP) is 1.39. The molecule has 0 aliphatic carbocycles. The maximum Gasteiger partial charge on any atom is 0.184 e. The molecule has 0 radical (unpaired) electrons. The Labute approximate surface area is 124 Å². The van der Waals surface area contributed by atoms with Crippen molar-refractivity contribution in [2.45, 2.75) is 50.0 Å². The normalized spacial score (nSPS) is 36.2. The van der Waals surface area contributed by atoms with Crippen LogP contribution in [0.5, 0.6) is 0 Å². The van der Waals surface area contributed by atoms with Gasteiger partial charge in [0.15, 0.2) is 6.29 Å². The SMILES string of the molecule is OCCC[C@H]1O[C@@H]2CO[C@@H](c3ccccc3)O[C@H]2C[C@@H]1O. The lowest BCUT2D eigenvalue weighted by Gasteiger charge is -2.44. The number of hydrogen-bond donors (Lipinski definition) is 2. The molecule has 5 nitrogen and oxygen atoms in total. The van der Waals surface area contributed by atoms with E-state index in [-0.39, 0.29) is 24.9 Å². The van der Waals surface area contributed by atoms with Crippen molar-refractivity contribution in [1.29, 1.82) is 0 Å². The fourth-order valence-electron chi connectivity index (χ4n) is 2.95. The van der Waals surface area contributed by atoms with E-state index in [2.05, 4.69) is 0 Å². The van der Waals surface area contributed by atoms with Crippen LogP contribution >= 0.6 is 0 Å². The van der Waals surface area contributed by atoms with E-state index in [4.69, 9.17) is 19.3 Å². The molecule has 21 heavy (non-hydrogen) atoms. The third kappa shape index (κ3) is 3.44. The van der Waals surface area contributed by atoms with Crippen LogP contribution in [0.1, 0.15) is 31.1 Å². The zero-order valence-corrected chi connectivity index (χ0v) is 11.9. The Morgan fingerprint density at radius 2 is 1.90 bits per heavy atom. The summed E-state index contributed by atoms with van der Waals surface area (Å²) in [7, 11) is 0. The van der Waals surface area contributed by atoms with Crippen LogP contribution in [0.3, 0.4) is 0 Å². The number of benzene rings is 1. The first kappa shape index (κ1) is 14.9. The molecule has 2 fully saturated rings. The second kappa shape index (κ2) is 6.85. The van der Waals surface area contributed by atoms with Crippen molar-refractivity contribution in [3.8, 4) is 0 Å². The van der Waals surface area contributed by atoms with Gasteiger partial charge in [0.2, 0.25) is 0 Å². The molecular formula is C16H22O5. The van der Waals surface area contributed by atoms with Gasteiger partial charge in [-0.25, -0.2) is 0 Å².